The summed E-state index contributed by atoms with van der Waals surface area (Å²) in [5, 5.41) is 11.6. The molecule has 3 atom stereocenters. The molecule has 4 rings (SSSR count). The van der Waals surface area contributed by atoms with Gasteiger partial charge in [0.1, 0.15) is 5.60 Å². The Morgan fingerprint density at radius 2 is 2.04 bits per heavy atom. The highest BCUT2D eigenvalue weighted by Crippen LogP contribution is 2.52. The van der Waals surface area contributed by atoms with E-state index in [4.69, 9.17) is 9.47 Å². The number of ether oxygens (including phenoxy) is 2. The molecule has 1 saturated carbocycles. The van der Waals surface area contributed by atoms with Crippen LogP contribution in [0.25, 0.3) is 0 Å². The van der Waals surface area contributed by atoms with E-state index >= 15 is 0 Å². The quantitative estimate of drug-likeness (QED) is 0.872. The van der Waals surface area contributed by atoms with Gasteiger partial charge in [-0.1, -0.05) is 0 Å². The van der Waals surface area contributed by atoms with E-state index in [-0.39, 0.29) is 11.9 Å². The lowest BCUT2D eigenvalue weighted by atomic mass is 9.83. The van der Waals surface area contributed by atoms with Gasteiger partial charge in [-0.05, 0) is 36.5 Å². The highest BCUT2D eigenvalue weighted by Gasteiger charge is 2.53. The topological polar surface area (TPSA) is 80.6 Å². The molecule has 2 aliphatic rings. The second-order valence-electron chi connectivity index (χ2n) is 7.16. The Morgan fingerprint density at radius 3 is 2.77 bits per heavy atom. The van der Waals surface area contributed by atoms with Gasteiger partial charge in [0.25, 0.3) is 0 Å². The molecule has 7 heteroatoms. The zero-order valence-corrected chi connectivity index (χ0v) is 15.1. The third-order valence-corrected chi connectivity index (χ3v) is 5.76. The summed E-state index contributed by atoms with van der Waals surface area (Å²) in [6.07, 6.45) is 6.99. The van der Waals surface area contributed by atoms with Gasteiger partial charge in [-0.25, -0.2) is 4.98 Å². The maximum absolute atomic E-state index is 11.6. The molecular weight excluding hydrogens is 332 g/mol. The van der Waals surface area contributed by atoms with Crippen molar-refractivity contribution < 1.29 is 14.6 Å². The van der Waals surface area contributed by atoms with E-state index < -0.39 is 5.60 Å². The number of aromatic nitrogens is 3. The number of methoxy groups -OCH3 is 2. The SMILES string of the molecule is COc1ncc([C@]2(O)CC[C@H]3CN(Cc4ccncc4)C[C@H]32)c(OC)n1. The summed E-state index contributed by atoms with van der Waals surface area (Å²) in [5.41, 5.74) is 0.947. The summed E-state index contributed by atoms with van der Waals surface area (Å²) in [4.78, 5) is 15.0. The minimum absolute atomic E-state index is 0.148. The van der Waals surface area contributed by atoms with Crippen LogP contribution in [0.1, 0.15) is 24.0 Å². The van der Waals surface area contributed by atoms with Crippen LogP contribution in [-0.4, -0.2) is 52.3 Å². The van der Waals surface area contributed by atoms with Crippen molar-refractivity contribution in [2.75, 3.05) is 27.3 Å². The molecule has 1 N–H and O–H groups in total. The first-order valence-electron chi connectivity index (χ1n) is 8.93. The highest BCUT2D eigenvalue weighted by atomic mass is 16.5. The van der Waals surface area contributed by atoms with Gasteiger partial charge in [-0.3, -0.25) is 9.88 Å². The molecule has 1 saturated heterocycles. The van der Waals surface area contributed by atoms with Gasteiger partial charge < -0.3 is 14.6 Å². The third kappa shape index (κ3) is 2.91. The van der Waals surface area contributed by atoms with Crippen molar-refractivity contribution in [3.63, 3.8) is 0 Å². The Balaban J connectivity index is 1.57. The normalized spacial score (nSPS) is 28.1. The summed E-state index contributed by atoms with van der Waals surface area (Å²) in [7, 11) is 3.08. The van der Waals surface area contributed by atoms with Gasteiger partial charge in [-0.2, -0.15) is 4.98 Å². The minimum atomic E-state index is -0.963. The molecular formula is C19H24N4O3. The fourth-order valence-corrected chi connectivity index (χ4v) is 4.50. The lowest BCUT2D eigenvalue weighted by molar-refractivity contribution is -0.00972. The predicted molar refractivity (Wildman–Crippen MR) is 94.8 cm³/mol. The minimum Gasteiger partial charge on any atom is -0.481 e. The fraction of sp³-hybridized carbons (Fsp3) is 0.526. The predicted octanol–water partition coefficient (Wildman–Crippen LogP) is 1.62. The van der Waals surface area contributed by atoms with Crippen molar-refractivity contribution in [1.82, 2.24) is 19.9 Å². The van der Waals surface area contributed by atoms with Crippen LogP contribution in [0.3, 0.4) is 0 Å². The van der Waals surface area contributed by atoms with Gasteiger partial charge >= 0.3 is 6.01 Å². The number of rotatable bonds is 5. The van der Waals surface area contributed by atoms with Gasteiger partial charge in [0.2, 0.25) is 5.88 Å². The molecule has 0 bridgehead atoms. The van der Waals surface area contributed by atoms with Crippen LogP contribution < -0.4 is 9.47 Å². The lowest BCUT2D eigenvalue weighted by Gasteiger charge is -2.31. The van der Waals surface area contributed by atoms with Crippen molar-refractivity contribution >= 4 is 0 Å². The van der Waals surface area contributed by atoms with E-state index in [9.17, 15) is 5.11 Å². The zero-order chi connectivity index (χ0) is 18.1. The van der Waals surface area contributed by atoms with Gasteiger partial charge in [0, 0.05) is 44.1 Å². The number of likely N-dealkylation sites (tertiary alicyclic amines) is 1. The van der Waals surface area contributed by atoms with E-state index in [0.717, 1.165) is 26.1 Å². The average Bonchev–Trinajstić information content (AvgIpc) is 3.22. The van der Waals surface area contributed by atoms with Crippen LogP contribution >= 0.6 is 0 Å². The molecule has 1 aliphatic heterocycles. The summed E-state index contributed by atoms with van der Waals surface area (Å²) in [5.74, 6) is 1.01. The van der Waals surface area contributed by atoms with Crippen LogP contribution in [0.5, 0.6) is 11.9 Å². The lowest BCUT2D eigenvalue weighted by Crippen LogP contribution is -2.35. The molecule has 2 aromatic heterocycles. The molecule has 0 spiro atoms. The molecule has 3 heterocycles. The molecule has 0 unspecified atom stereocenters. The Labute approximate surface area is 153 Å². The maximum atomic E-state index is 11.6. The molecule has 7 nitrogen and oxygen atoms in total. The van der Waals surface area contributed by atoms with E-state index in [1.54, 1.807) is 13.3 Å². The first-order valence-corrected chi connectivity index (χ1v) is 8.93. The molecule has 0 amide bonds. The van der Waals surface area contributed by atoms with Crippen molar-refractivity contribution in [3.8, 4) is 11.9 Å². The summed E-state index contributed by atoms with van der Waals surface area (Å²) in [6, 6.07) is 4.33. The van der Waals surface area contributed by atoms with Crippen molar-refractivity contribution in [2.45, 2.75) is 25.0 Å². The second kappa shape index (κ2) is 6.81. The average molecular weight is 356 g/mol. The van der Waals surface area contributed by atoms with Crippen LogP contribution in [-0.2, 0) is 12.1 Å². The molecule has 138 valence electrons. The molecule has 2 fully saturated rings. The standard InChI is InChI=1S/C19H24N4O3/c1-25-17-15(9-21-18(22-17)26-2)19(24)6-3-14-11-23(12-16(14)19)10-13-4-7-20-8-5-13/h4-5,7-9,14,16,24H,3,6,10-12H2,1-2H3/t14-,16+,19+/m0/s1. The summed E-state index contributed by atoms with van der Waals surface area (Å²) < 4.78 is 10.5. The molecule has 2 aromatic rings. The third-order valence-electron chi connectivity index (χ3n) is 5.76. The number of aliphatic hydroxyl groups is 1. The summed E-state index contributed by atoms with van der Waals surface area (Å²) in [6.45, 7) is 2.72. The van der Waals surface area contributed by atoms with E-state index in [0.29, 0.717) is 23.8 Å². The Kier molecular flexibility index (Phi) is 4.50. The fourth-order valence-electron chi connectivity index (χ4n) is 4.50. The van der Waals surface area contributed by atoms with Crippen molar-refractivity contribution in [2.24, 2.45) is 11.8 Å². The largest absolute Gasteiger partial charge is 0.481 e. The van der Waals surface area contributed by atoms with Crippen LogP contribution in [0.2, 0.25) is 0 Å². The first-order chi connectivity index (χ1) is 12.6. The number of hydrogen-bond acceptors (Lipinski definition) is 7. The molecule has 26 heavy (non-hydrogen) atoms. The molecule has 0 radical (unpaired) electrons. The summed E-state index contributed by atoms with van der Waals surface area (Å²) >= 11 is 0. The van der Waals surface area contributed by atoms with E-state index in [2.05, 4.69) is 19.9 Å². The number of nitrogens with zero attached hydrogens (tertiary/aromatic N) is 4. The zero-order valence-electron chi connectivity index (χ0n) is 15.1. The number of hydrogen-bond donors (Lipinski definition) is 1. The first kappa shape index (κ1) is 17.2. The Morgan fingerprint density at radius 1 is 1.23 bits per heavy atom. The molecule has 1 aliphatic carbocycles. The maximum Gasteiger partial charge on any atom is 0.319 e. The van der Waals surface area contributed by atoms with Crippen LogP contribution in [0.15, 0.2) is 30.7 Å². The van der Waals surface area contributed by atoms with Gasteiger partial charge in [0.05, 0.1) is 19.8 Å². The Bertz CT molecular complexity index is 773. The number of pyridine rings is 1. The van der Waals surface area contributed by atoms with E-state index in [1.807, 2.05) is 24.5 Å². The molecule has 0 aromatic carbocycles. The van der Waals surface area contributed by atoms with Crippen LogP contribution in [0, 0.1) is 11.8 Å². The monoisotopic (exact) mass is 356 g/mol. The Hall–Kier alpha value is -2.25. The highest BCUT2D eigenvalue weighted by molar-refractivity contribution is 5.34. The second-order valence-corrected chi connectivity index (χ2v) is 7.16. The van der Waals surface area contributed by atoms with Gasteiger partial charge in [0.15, 0.2) is 0 Å². The van der Waals surface area contributed by atoms with Gasteiger partial charge in [-0.15, -0.1) is 0 Å². The number of fused-ring (bicyclic) bond motifs is 1. The van der Waals surface area contributed by atoms with Crippen molar-refractivity contribution in [3.05, 3.63) is 41.9 Å². The van der Waals surface area contributed by atoms with Crippen molar-refractivity contribution in [1.29, 1.82) is 0 Å². The van der Waals surface area contributed by atoms with Crippen LogP contribution in [0.4, 0.5) is 0 Å². The smallest absolute Gasteiger partial charge is 0.319 e. The van der Waals surface area contributed by atoms with E-state index in [1.165, 1.54) is 12.7 Å².